The molecule has 1 amide bonds. The zero-order valence-corrected chi connectivity index (χ0v) is 17.3. The summed E-state index contributed by atoms with van der Waals surface area (Å²) >= 11 is 0. The Morgan fingerprint density at radius 3 is 2.57 bits per heavy atom. The number of hydrogen-bond donors (Lipinski definition) is 3. The molecule has 8 heteroatoms. The standard InChI is InChI=1S/C20H32FN5O2/c1-5-22-19(24-14-18(27)25-20(2,3)4)23-13-15-6-7-17(16(21)12-15)26-8-10-28-11-9-26/h6-7,12H,5,8-11,13-14H2,1-4H3,(H,25,27)(H2,22,23,24). The highest BCUT2D eigenvalue weighted by atomic mass is 19.1. The van der Waals surface area contributed by atoms with E-state index in [-0.39, 0.29) is 23.8 Å². The number of amides is 1. The van der Waals surface area contributed by atoms with Crippen molar-refractivity contribution in [1.82, 2.24) is 16.0 Å². The number of ether oxygens (including phenoxy) is 1. The van der Waals surface area contributed by atoms with Crippen molar-refractivity contribution in [2.24, 2.45) is 4.99 Å². The molecule has 1 aromatic rings. The van der Waals surface area contributed by atoms with Gasteiger partial charge in [-0.05, 0) is 45.4 Å². The number of carbonyl (C=O) groups is 1. The molecule has 0 saturated carbocycles. The van der Waals surface area contributed by atoms with Crippen LogP contribution in [0.4, 0.5) is 10.1 Å². The summed E-state index contributed by atoms with van der Waals surface area (Å²) < 4.78 is 19.8. The van der Waals surface area contributed by atoms with Crippen LogP contribution in [0.25, 0.3) is 0 Å². The van der Waals surface area contributed by atoms with E-state index in [1.165, 1.54) is 6.07 Å². The van der Waals surface area contributed by atoms with E-state index in [2.05, 4.69) is 20.9 Å². The lowest BCUT2D eigenvalue weighted by Crippen LogP contribution is -2.48. The topological polar surface area (TPSA) is 78.0 Å². The molecule has 28 heavy (non-hydrogen) atoms. The van der Waals surface area contributed by atoms with E-state index in [0.29, 0.717) is 51.0 Å². The third-order valence-corrected chi connectivity index (χ3v) is 4.06. The maximum absolute atomic E-state index is 14.5. The number of hydrogen-bond acceptors (Lipinski definition) is 4. The minimum Gasteiger partial charge on any atom is -0.378 e. The summed E-state index contributed by atoms with van der Waals surface area (Å²) in [6.45, 7) is 11.5. The van der Waals surface area contributed by atoms with Crippen molar-refractivity contribution in [1.29, 1.82) is 0 Å². The lowest BCUT2D eigenvalue weighted by molar-refractivity contribution is -0.121. The fraction of sp³-hybridized carbons (Fsp3) is 0.600. The molecule has 0 spiro atoms. The maximum atomic E-state index is 14.5. The number of nitrogens with zero attached hydrogens (tertiary/aromatic N) is 2. The number of nitrogens with one attached hydrogen (secondary N) is 3. The second-order valence-electron chi connectivity index (χ2n) is 7.73. The first-order chi connectivity index (χ1) is 13.3. The SMILES string of the molecule is CCNC(=NCc1ccc(N2CCOCC2)c(F)c1)NCC(=O)NC(C)(C)C. The van der Waals surface area contributed by atoms with Gasteiger partial charge in [0.1, 0.15) is 5.82 Å². The van der Waals surface area contributed by atoms with Crippen LogP contribution in [0.5, 0.6) is 0 Å². The molecule has 1 fully saturated rings. The van der Waals surface area contributed by atoms with Crippen molar-refractivity contribution < 1.29 is 13.9 Å². The minimum atomic E-state index is -0.284. The first-order valence-corrected chi connectivity index (χ1v) is 9.73. The van der Waals surface area contributed by atoms with Crippen LogP contribution in [0, 0.1) is 5.82 Å². The molecule has 1 saturated heterocycles. The lowest BCUT2D eigenvalue weighted by Gasteiger charge is -2.29. The number of halogens is 1. The van der Waals surface area contributed by atoms with Crippen LogP contribution >= 0.6 is 0 Å². The van der Waals surface area contributed by atoms with Crippen LogP contribution in [0.1, 0.15) is 33.3 Å². The molecule has 0 aliphatic carbocycles. The van der Waals surface area contributed by atoms with Crippen LogP contribution in [0.2, 0.25) is 0 Å². The van der Waals surface area contributed by atoms with Crippen molar-refractivity contribution in [3.63, 3.8) is 0 Å². The van der Waals surface area contributed by atoms with Gasteiger partial charge in [0, 0.05) is 25.2 Å². The Labute approximate surface area is 166 Å². The predicted molar refractivity (Wildman–Crippen MR) is 110 cm³/mol. The zero-order chi connectivity index (χ0) is 20.6. The number of guanidine groups is 1. The molecule has 0 bridgehead atoms. The molecule has 0 radical (unpaired) electrons. The third kappa shape index (κ3) is 7.34. The lowest BCUT2D eigenvalue weighted by atomic mass is 10.1. The van der Waals surface area contributed by atoms with Crippen molar-refractivity contribution in [2.75, 3.05) is 44.3 Å². The van der Waals surface area contributed by atoms with E-state index in [0.717, 1.165) is 5.56 Å². The molecule has 156 valence electrons. The van der Waals surface area contributed by atoms with Gasteiger partial charge in [-0.2, -0.15) is 0 Å². The molecule has 0 unspecified atom stereocenters. The largest absolute Gasteiger partial charge is 0.378 e. The van der Waals surface area contributed by atoms with Gasteiger partial charge in [0.05, 0.1) is 32.0 Å². The van der Waals surface area contributed by atoms with Crippen LogP contribution in [0.3, 0.4) is 0 Å². The summed E-state index contributed by atoms with van der Waals surface area (Å²) in [5.41, 5.74) is 1.08. The summed E-state index contributed by atoms with van der Waals surface area (Å²) in [5, 5.41) is 8.98. The molecule has 0 atom stereocenters. The molecule has 2 rings (SSSR count). The van der Waals surface area contributed by atoms with E-state index in [9.17, 15) is 9.18 Å². The quantitative estimate of drug-likeness (QED) is 0.506. The second kappa shape index (κ2) is 10.3. The number of aliphatic imine (C=N–C) groups is 1. The molecular weight excluding hydrogens is 361 g/mol. The van der Waals surface area contributed by atoms with E-state index >= 15 is 0 Å². The average Bonchev–Trinajstić information content (AvgIpc) is 2.63. The summed E-state index contributed by atoms with van der Waals surface area (Å²) in [4.78, 5) is 18.4. The molecule has 3 N–H and O–H groups in total. The average molecular weight is 394 g/mol. The summed E-state index contributed by atoms with van der Waals surface area (Å²) in [5.74, 6) is 0.153. The van der Waals surface area contributed by atoms with Gasteiger partial charge in [0.15, 0.2) is 5.96 Å². The van der Waals surface area contributed by atoms with Crippen molar-refractivity contribution in [3.8, 4) is 0 Å². The summed E-state index contributed by atoms with van der Waals surface area (Å²) in [7, 11) is 0. The molecule has 0 aromatic heterocycles. The number of morpholine rings is 1. The summed E-state index contributed by atoms with van der Waals surface area (Å²) in [6.07, 6.45) is 0. The summed E-state index contributed by atoms with van der Waals surface area (Å²) in [6, 6.07) is 5.19. The van der Waals surface area contributed by atoms with Gasteiger partial charge in [-0.25, -0.2) is 9.38 Å². The smallest absolute Gasteiger partial charge is 0.239 e. The first kappa shape index (κ1) is 21.9. The zero-order valence-electron chi connectivity index (χ0n) is 17.3. The Balaban J connectivity index is 1.96. The fourth-order valence-corrected chi connectivity index (χ4v) is 2.85. The van der Waals surface area contributed by atoms with Crippen molar-refractivity contribution in [2.45, 2.75) is 39.8 Å². The highest BCUT2D eigenvalue weighted by Crippen LogP contribution is 2.21. The normalized spacial score (nSPS) is 15.3. The van der Waals surface area contributed by atoms with Crippen molar-refractivity contribution in [3.05, 3.63) is 29.6 Å². The third-order valence-electron chi connectivity index (χ3n) is 4.06. The monoisotopic (exact) mass is 393 g/mol. The number of carbonyl (C=O) groups excluding carboxylic acids is 1. The minimum absolute atomic E-state index is 0.112. The fourth-order valence-electron chi connectivity index (χ4n) is 2.85. The van der Waals surface area contributed by atoms with Gasteiger partial charge < -0.3 is 25.6 Å². The molecule has 1 heterocycles. The Morgan fingerprint density at radius 2 is 1.96 bits per heavy atom. The van der Waals surface area contributed by atoms with E-state index in [1.807, 2.05) is 38.7 Å². The predicted octanol–water partition coefficient (Wildman–Crippen LogP) is 1.63. The molecule has 7 nitrogen and oxygen atoms in total. The number of anilines is 1. The highest BCUT2D eigenvalue weighted by Gasteiger charge is 2.16. The van der Waals surface area contributed by atoms with Gasteiger partial charge >= 0.3 is 0 Å². The van der Waals surface area contributed by atoms with Crippen molar-refractivity contribution >= 4 is 17.6 Å². The number of rotatable bonds is 6. The van der Waals surface area contributed by atoms with E-state index in [1.54, 1.807) is 6.07 Å². The van der Waals surface area contributed by atoms with Crippen LogP contribution < -0.4 is 20.9 Å². The number of benzene rings is 1. The van der Waals surface area contributed by atoms with Gasteiger partial charge in [-0.3, -0.25) is 4.79 Å². The molecule has 1 aliphatic rings. The molecule has 1 aromatic carbocycles. The van der Waals surface area contributed by atoms with E-state index < -0.39 is 0 Å². The molecule has 1 aliphatic heterocycles. The van der Waals surface area contributed by atoms with Gasteiger partial charge in [0.25, 0.3) is 0 Å². The Bertz CT molecular complexity index is 682. The van der Waals surface area contributed by atoms with Crippen LogP contribution in [-0.4, -0.2) is 56.8 Å². The van der Waals surface area contributed by atoms with E-state index in [4.69, 9.17) is 4.74 Å². The Hall–Kier alpha value is -2.35. The molecular formula is C20H32FN5O2. The second-order valence-corrected chi connectivity index (χ2v) is 7.73. The van der Waals surface area contributed by atoms with Gasteiger partial charge in [0.2, 0.25) is 5.91 Å². The van der Waals surface area contributed by atoms with Gasteiger partial charge in [-0.15, -0.1) is 0 Å². The van der Waals surface area contributed by atoms with Crippen LogP contribution in [0.15, 0.2) is 23.2 Å². The Morgan fingerprint density at radius 1 is 1.25 bits per heavy atom. The highest BCUT2D eigenvalue weighted by molar-refractivity contribution is 5.86. The van der Waals surface area contributed by atoms with Gasteiger partial charge in [-0.1, -0.05) is 6.07 Å². The first-order valence-electron chi connectivity index (χ1n) is 9.73. The Kier molecular flexibility index (Phi) is 8.04. The van der Waals surface area contributed by atoms with Crippen LogP contribution in [-0.2, 0) is 16.1 Å². The maximum Gasteiger partial charge on any atom is 0.239 e.